The van der Waals surface area contributed by atoms with Crippen molar-refractivity contribution in [3.63, 3.8) is 0 Å². The molecule has 2 rings (SSSR count). The van der Waals surface area contributed by atoms with Gasteiger partial charge in [-0.05, 0) is 6.07 Å². The Hall–Kier alpha value is -1.05. The maximum absolute atomic E-state index is 13.6. The number of H-pyrrole nitrogens is 1. The first-order valence-corrected chi connectivity index (χ1v) is 5.24. The SMILES string of the molecule is O=c1[nH]c(=S)ccn1[C@@H]1O[C@H](CO)C[C@@H]1F. The van der Waals surface area contributed by atoms with Crippen molar-refractivity contribution in [2.24, 2.45) is 0 Å². The Balaban J connectivity index is 2.31. The lowest BCUT2D eigenvalue weighted by Crippen LogP contribution is -2.30. The lowest BCUT2D eigenvalue weighted by Gasteiger charge is -2.15. The zero-order chi connectivity index (χ0) is 11.7. The van der Waals surface area contributed by atoms with Gasteiger partial charge in [0, 0.05) is 12.6 Å². The molecule has 1 saturated heterocycles. The highest BCUT2D eigenvalue weighted by Gasteiger charge is 2.36. The Bertz CT molecular complexity index is 486. The van der Waals surface area contributed by atoms with Gasteiger partial charge in [0.1, 0.15) is 10.8 Å². The van der Waals surface area contributed by atoms with E-state index < -0.39 is 24.2 Å². The summed E-state index contributed by atoms with van der Waals surface area (Å²) >= 11 is 4.77. The molecule has 1 fully saturated rings. The van der Waals surface area contributed by atoms with Crippen molar-refractivity contribution in [1.29, 1.82) is 0 Å². The van der Waals surface area contributed by atoms with Gasteiger partial charge >= 0.3 is 5.69 Å². The number of aliphatic hydroxyl groups is 1. The van der Waals surface area contributed by atoms with Crippen molar-refractivity contribution in [1.82, 2.24) is 9.55 Å². The molecule has 1 aromatic heterocycles. The van der Waals surface area contributed by atoms with Gasteiger partial charge in [-0.3, -0.25) is 9.55 Å². The number of rotatable bonds is 2. The summed E-state index contributed by atoms with van der Waals surface area (Å²) in [6.45, 7) is -0.255. The summed E-state index contributed by atoms with van der Waals surface area (Å²) in [5, 5.41) is 8.86. The van der Waals surface area contributed by atoms with Gasteiger partial charge in [0.25, 0.3) is 0 Å². The molecule has 0 aromatic carbocycles. The number of aromatic amines is 1. The molecule has 7 heteroatoms. The van der Waals surface area contributed by atoms with Gasteiger partial charge in [-0.1, -0.05) is 12.2 Å². The minimum absolute atomic E-state index is 0.0865. The van der Waals surface area contributed by atoms with Crippen molar-refractivity contribution >= 4 is 12.2 Å². The Morgan fingerprint density at radius 1 is 1.75 bits per heavy atom. The van der Waals surface area contributed by atoms with Crippen molar-refractivity contribution < 1.29 is 14.2 Å². The smallest absolute Gasteiger partial charge is 0.328 e. The number of ether oxygens (including phenoxy) is 1. The summed E-state index contributed by atoms with van der Waals surface area (Å²) in [5.74, 6) is 0. The van der Waals surface area contributed by atoms with Crippen LogP contribution in [0.3, 0.4) is 0 Å². The van der Waals surface area contributed by atoms with Crippen LogP contribution in [-0.2, 0) is 4.74 Å². The maximum atomic E-state index is 13.6. The monoisotopic (exact) mass is 246 g/mol. The van der Waals surface area contributed by atoms with Gasteiger partial charge in [0.15, 0.2) is 6.23 Å². The van der Waals surface area contributed by atoms with Gasteiger partial charge in [-0.25, -0.2) is 9.18 Å². The van der Waals surface area contributed by atoms with E-state index in [0.717, 1.165) is 4.57 Å². The molecular formula is C9H11FN2O3S. The zero-order valence-electron chi connectivity index (χ0n) is 8.30. The highest BCUT2D eigenvalue weighted by atomic mass is 32.1. The second-order valence-corrected chi connectivity index (χ2v) is 4.04. The number of halogens is 1. The number of nitrogens with zero attached hydrogens (tertiary/aromatic N) is 1. The first kappa shape index (κ1) is 11.4. The molecule has 1 aliphatic rings. The van der Waals surface area contributed by atoms with Gasteiger partial charge in [0.2, 0.25) is 0 Å². The fraction of sp³-hybridized carbons (Fsp3) is 0.556. The molecule has 1 aromatic rings. The second-order valence-electron chi connectivity index (χ2n) is 3.60. The Morgan fingerprint density at radius 2 is 2.50 bits per heavy atom. The number of aromatic nitrogens is 2. The van der Waals surface area contributed by atoms with Crippen molar-refractivity contribution in [3.05, 3.63) is 27.4 Å². The van der Waals surface area contributed by atoms with E-state index in [2.05, 4.69) is 4.98 Å². The van der Waals surface area contributed by atoms with Crippen LogP contribution in [0.15, 0.2) is 17.1 Å². The summed E-state index contributed by atoms with van der Waals surface area (Å²) in [6.07, 6.45) is -1.38. The first-order valence-electron chi connectivity index (χ1n) is 4.83. The molecule has 88 valence electrons. The molecule has 0 bridgehead atoms. The zero-order valence-corrected chi connectivity index (χ0v) is 9.11. The van der Waals surface area contributed by atoms with E-state index >= 15 is 0 Å². The maximum Gasteiger partial charge on any atom is 0.328 e. The molecule has 0 amide bonds. The van der Waals surface area contributed by atoms with E-state index in [0.29, 0.717) is 0 Å². The summed E-state index contributed by atoms with van der Waals surface area (Å²) in [6, 6.07) is 1.49. The van der Waals surface area contributed by atoms with E-state index in [4.69, 9.17) is 22.1 Å². The number of hydrogen-bond acceptors (Lipinski definition) is 4. The fourth-order valence-electron chi connectivity index (χ4n) is 1.69. The fourth-order valence-corrected chi connectivity index (χ4v) is 1.84. The van der Waals surface area contributed by atoms with Crippen LogP contribution in [-0.4, -0.2) is 33.5 Å². The highest BCUT2D eigenvalue weighted by molar-refractivity contribution is 7.71. The topological polar surface area (TPSA) is 67.2 Å². The lowest BCUT2D eigenvalue weighted by molar-refractivity contribution is -0.0394. The van der Waals surface area contributed by atoms with Crippen LogP contribution in [0.5, 0.6) is 0 Å². The third-order valence-corrected chi connectivity index (χ3v) is 2.70. The van der Waals surface area contributed by atoms with Gasteiger partial charge < -0.3 is 9.84 Å². The van der Waals surface area contributed by atoms with Crippen LogP contribution in [0.2, 0.25) is 0 Å². The molecule has 16 heavy (non-hydrogen) atoms. The quantitative estimate of drug-likeness (QED) is 0.747. The minimum Gasteiger partial charge on any atom is -0.394 e. The van der Waals surface area contributed by atoms with Crippen molar-refractivity contribution in [2.45, 2.75) is 24.9 Å². The van der Waals surface area contributed by atoms with Crippen molar-refractivity contribution in [2.75, 3.05) is 6.61 Å². The number of nitrogens with one attached hydrogen (secondary N) is 1. The molecule has 0 spiro atoms. The predicted octanol–water partition coefficient (Wildman–Crippen LogP) is 0.524. The van der Waals surface area contributed by atoms with Crippen LogP contribution in [0, 0.1) is 4.64 Å². The van der Waals surface area contributed by atoms with E-state index in [1.807, 2.05) is 0 Å². The number of aliphatic hydroxyl groups excluding tert-OH is 1. The summed E-state index contributed by atoms with van der Waals surface area (Å²) in [5.41, 5.74) is -0.515. The lowest BCUT2D eigenvalue weighted by atomic mass is 10.2. The Labute approximate surface area is 95.5 Å². The Kier molecular flexibility index (Phi) is 3.17. The molecule has 2 heterocycles. The average molecular weight is 246 g/mol. The molecule has 5 nitrogen and oxygen atoms in total. The van der Waals surface area contributed by atoms with Gasteiger partial charge in [-0.2, -0.15) is 0 Å². The molecule has 0 aliphatic carbocycles. The van der Waals surface area contributed by atoms with Gasteiger partial charge in [0.05, 0.1) is 12.7 Å². The molecule has 2 N–H and O–H groups in total. The standard InChI is InChI=1S/C9H11FN2O3S/c10-6-3-5(4-13)15-8(6)12-2-1-7(16)11-9(12)14/h1-2,5-6,8,13H,3-4H2,(H,11,14,16)/t5-,6-,8+/m0/s1. The van der Waals surface area contributed by atoms with E-state index in [1.165, 1.54) is 12.3 Å². The highest BCUT2D eigenvalue weighted by Crippen LogP contribution is 2.29. The second kappa shape index (κ2) is 4.44. The summed E-state index contributed by atoms with van der Waals surface area (Å²) < 4.78 is 20.2. The average Bonchev–Trinajstić information content (AvgIpc) is 2.60. The Morgan fingerprint density at radius 3 is 3.06 bits per heavy atom. The van der Waals surface area contributed by atoms with Crippen LogP contribution in [0.4, 0.5) is 4.39 Å². The van der Waals surface area contributed by atoms with Crippen molar-refractivity contribution in [3.8, 4) is 0 Å². The molecule has 0 saturated carbocycles. The number of alkyl halides is 1. The molecule has 0 radical (unpaired) electrons. The first-order chi connectivity index (χ1) is 7.61. The largest absolute Gasteiger partial charge is 0.394 e. The molecule has 3 atom stereocenters. The van der Waals surface area contributed by atoms with E-state index in [-0.39, 0.29) is 17.7 Å². The minimum atomic E-state index is -1.31. The van der Waals surface area contributed by atoms with E-state index in [1.54, 1.807) is 0 Å². The normalized spacial score (nSPS) is 29.5. The van der Waals surface area contributed by atoms with Crippen LogP contribution in [0.1, 0.15) is 12.6 Å². The third kappa shape index (κ3) is 2.06. The van der Waals surface area contributed by atoms with Crippen LogP contribution >= 0.6 is 12.2 Å². The molecule has 1 aliphatic heterocycles. The van der Waals surface area contributed by atoms with E-state index in [9.17, 15) is 9.18 Å². The number of hydrogen-bond donors (Lipinski definition) is 2. The summed E-state index contributed by atoms with van der Waals surface area (Å²) in [7, 11) is 0. The summed E-state index contributed by atoms with van der Waals surface area (Å²) in [4.78, 5) is 13.9. The molecule has 0 unspecified atom stereocenters. The molecular weight excluding hydrogens is 235 g/mol. The predicted molar refractivity (Wildman–Crippen MR) is 56.4 cm³/mol. The van der Waals surface area contributed by atoms with Gasteiger partial charge in [-0.15, -0.1) is 0 Å². The van der Waals surface area contributed by atoms with Crippen LogP contribution < -0.4 is 5.69 Å². The third-order valence-electron chi connectivity index (χ3n) is 2.46. The van der Waals surface area contributed by atoms with Crippen LogP contribution in [0.25, 0.3) is 0 Å².